The highest BCUT2D eigenvalue weighted by Crippen LogP contribution is 2.17. The average molecular weight is 271 g/mol. The molecule has 0 aromatic heterocycles. The first-order chi connectivity index (χ1) is 8.88. The van der Waals surface area contributed by atoms with E-state index in [1.807, 2.05) is 13.8 Å². The molecule has 2 unspecified atom stereocenters. The lowest BCUT2D eigenvalue weighted by Gasteiger charge is -2.32. The molecule has 19 heavy (non-hydrogen) atoms. The smallest absolute Gasteiger partial charge is 0.224 e. The Kier molecular flexibility index (Phi) is 9.02. The molecule has 0 radical (unpaired) electrons. The van der Waals surface area contributed by atoms with E-state index in [0.717, 1.165) is 12.8 Å². The van der Waals surface area contributed by atoms with Crippen LogP contribution in [-0.2, 0) is 4.79 Å². The molecule has 3 N–H and O–H groups in total. The van der Waals surface area contributed by atoms with Gasteiger partial charge in [-0.1, -0.05) is 40.5 Å². The zero-order valence-electron chi connectivity index (χ0n) is 13.6. The molecule has 0 fully saturated rings. The van der Waals surface area contributed by atoms with Gasteiger partial charge in [-0.25, -0.2) is 0 Å². The van der Waals surface area contributed by atoms with Crippen molar-refractivity contribution in [3.05, 3.63) is 0 Å². The fraction of sp³-hybridized carbons (Fsp3) is 0.933. The maximum absolute atomic E-state index is 12.1. The van der Waals surface area contributed by atoms with Crippen molar-refractivity contribution in [2.45, 2.75) is 46.6 Å². The molecule has 0 rings (SSSR count). The zero-order chi connectivity index (χ0) is 15.0. The minimum absolute atomic E-state index is 0.0792. The monoisotopic (exact) mass is 271 g/mol. The van der Waals surface area contributed by atoms with Gasteiger partial charge in [-0.15, -0.1) is 0 Å². The van der Waals surface area contributed by atoms with E-state index in [1.54, 1.807) is 0 Å². The SMILES string of the molecule is CCC(CC)C(CNC(=O)C(CN)C(C)C)N(C)C. The second-order valence-electron chi connectivity index (χ2n) is 5.94. The molecule has 0 heterocycles. The van der Waals surface area contributed by atoms with Crippen LogP contribution in [0.15, 0.2) is 0 Å². The number of nitrogens with zero attached hydrogens (tertiary/aromatic N) is 1. The van der Waals surface area contributed by atoms with Gasteiger partial charge in [0.2, 0.25) is 5.91 Å². The molecular weight excluding hydrogens is 238 g/mol. The largest absolute Gasteiger partial charge is 0.354 e. The topological polar surface area (TPSA) is 58.4 Å². The second kappa shape index (κ2) is 9.32. The first-order valence-electron chi connectivity index (χ1n) is 7.53. The molecule has 0 spiro atoms. The fourth-order valence-corrected chi connectivity index (χ4v) is 2.62. The van der Waals surface area contributed by atoms with Gasteiger partial charge in [0.05, 0.1) is 5.92 Å². The Bertz CT molecular complexity index is 250. The maximum Gasteiger partial charge on any atom is 0.224 e. The molecule has 1 amide bonds. The highest BCUT2D eigenvalue weighted by Gasteiger charge is 2.24. The van der Waals surface area contributed by atoms with Crippen molar-refractivity contribution in [3.8, 4) is 0 Å². The van der Waals surface area contributed by atoms with E-state index in [-0.39, 0.29) is 17.7 Å². The molecule has 114 valence electrons. The summed E-state index contributed by atoms with van der Waals surface area (Å²) in [4.78, 5) is 14.3. The number of carbonyl (C=O) groups excluding carboxylic acids is 1. The van der Waals surface area contributed by atoms with Gasteiger partial charge in [0.1, 0.15) is 0 Å². The third-order valence-corrected chi connectivity index (χ3v) is 4.14. The van der Waals surface area contributed by atoms with Crippen molar-refractivity contribution in [1.29, 1.82) is 0 Å². The lowest BCUT2D eigenvalue weighted by molar-refractivity contribution is -0.126. The van der Waals surface area contributed by atoms with Crippen molar-refractivity contribution in [1.82, 2.24) is 10.2 Å². The molecular formula is C15H33N3O. The number of hydrogen-bond donors (Lipinski definition) is 2. The van der Waals surface area contributed by atoms with Gasteiger partial charge >= 0.3 is 0 Å². The Hall–Kier alpha value is -0.610. The summed E-state index contributed by atoms with van der Waals surface area (Å²) in [6.07, 6.45) is 2.28. The molecule has 4 heteroatoms. The van der Waals surface area contributed by atoms with E-state index < -0.39 is 0 Å². The summed E-state index contributed by atoms with van der Waals surface area (Å²) in [5.74, 6) is 0.918. The van der Waals surface area contributed by atoms with Gasteiger partial charge < -0.3 is 16.0 Å². The van der Waals surface area contributed by atoms with E-state index in [4.69, 9.17) is 5.73 Å². The van der Waals surface area contributed by atoms with Gasteiger partial charge in [0.15, 0.2) is 0 Å². The van der Waals surface area contributed by atoms with Crippen molar-refractivity contribution >= 4 is 5.91 Å². The summed E-state index contributed by atoms with van der Waals surface area (Å²) in [6, 6.07) is 0.393. The summed E-state index contributed by atoms with van der Waals surface area (Å²) >= 11 is 0. The molecule has 0 aliphatic heterocycles. The van der Waals surface area contributed by atoms with Crippen LogP contribution in [0.2, 0.25) is 0 Å². The predicted molar refractivity (Wildman–Crippen MR) is 81.9 cm³/mol. The molecule has 2 atom stereocenters. The quantitative estimate of drug-likeness (QED) is 0.671. The van der Waals surface area contributed by atoms with Crippen LogP contribution >= 0.6 is 0 Å². The van der Waals surface area contributed by atoms with Crippen LogP contribution in [-0.4, -0.2) is 44.0 Å². The summed E-state index contributed by atoms with van der Waals surface area (Å²) in [6.45, 7) is 9.64. The van der Waals surface area contributed by atoms with E-state index >= 15 is 0 Å². The number of amides is 1. The van der Waals surface area contributed by atoms with Crippen molar-refractivity contribution < 1.29 is 4.79 Å². The molecule has 4 nitrogen and oxygen atoms in total. The van der Waals surface area contributed by atoms with Crippen LogP contribution in [0.3, 0.4) is 0 Å². The van der Waals surface area contributed by atoms with E-state index in [9.17, 15) is 4.79 Å². The molecule has 0 aromatic rings. The third-order valence-electron chi connectivity index (χ3n) is 4.14. The minimum atomic E-state index is -0.0792. The van der Waals surface area contributed by atoms with Crippen LogP contribution < -0.4 is 11.1 Å². The highest BCUT2D eigenvalue weighted by molar-refractivity contribution is 5.79. The molecule has 0 aromatic carbocycles. The lowest BCUT2D eigenvalue weighted by Crippen LogP contribution is -2.47. The summed E-state index contributed by atoms with van der Waals surface area (Å²) in [5.41, 5.74) is 5.68. The Balaban J connectivity index is 4.51. The van der Waals surface area contributed by atoms with Crippen LogP contribution in [0.4, 0.5) is 0 Å². The number of nitrogens with two attached hydrogens (primary N) is 1. The predicted octanol–water partition coefficient (Wildman–Crippen LogP) is 1.70. The van der Waals surface area contributed by atoms with E-state index in [2.05, 4.69) is 38.2 Å². The summed E-state index contributed by atoms with van der Waals surface area (Å²) in [5, 5.41) is 3.08. The summed E-state index contributed by atoms with van der Waals surface area (Å²) < 4.78 is 0. The maximum atomic E-state index is 12.1. The second-order valence-corrected chi connectivity index (χ2v) is 5.94. The standard InChI is InChI=1S/C15H33N3O/c1-7-12(8-2)14(18(5)6)10-17-15(19)13(9-16)11(3)4/h11-14H,7-10,16H2,1-6H3,(H,17,19). The first-order valence-corrected chi connectivity index (χ1v) is 7.53. The highest BCUT2D eigenvalue weighted by atomic mass is 16.1. The number of rotatable bonds is 9. The van der Waals surface area contributed by atoms with E-state index in [0.29, 0.717) is 25.0 Å². The Morgan fingerprint density at radius 1 is 1.21 bits per heavy atom. The number of hydrogen-bond acceptors (Lipinski definition) is 3. The number of carbonyl (C=O) groups is 1. The Morgan fingerprint density at radius 2 is 1.74 bits per heavy atom. The van der Waals surface area contributed by atoms with Gasteiger partial charge in [-0.3, -0.25) is 4.79 Å². The summed E-state index contributed by atoms with van der Waals surface area (Å²) in [7, 11) is 4.16. The average Bonchev–Trinajstić information content (AvgIpc) is 2.34. The van der Waals surface area contributed by atoms with Crippen LogP contribution in [0.5, 0.6) is 0 Å². The van der Waals surface area contributed by atoms with Gasteiger partial charge in [-0.05, 0) is 25.9 Å². The van der Waals surface area contributed by atoms with Crippen molar-refractivity contribution in [2.75, 3.05) is 27.2 Å². The Morgan fingerprint density at radius 3 is 2.05 bits per heavy atom. The van der Waals surface area contributed by atoms with Crippen molar-refractivity contribution in [3.63, 3.8) is 0 Å². The molecule has 0 saturated carbocycles. The van der Waals surface area contributed by atoms with Gasteiger partial charge in [0.25, 0.3) is 0 Å². The third kappa shape index (κ3) is 5.91. The van der Waals surface area contributed by atoms with Crippen molar-refractivity contribution in [2.24, 2.45) is 23.5 Å². The van der Waals surface area contributed by atoms with Crippen LogP contribution in [0.1, 0.15) is 40.5 Å². The number of likely N-dealkylation sites (N-methyl/N-ethyl adjacent to an activating group) is 1. The zero-order valence-corrected chi connectivity index (χ0v) is 13.6. The van der Waals surface area contributed by atoms with Gasteiger partial charge in [-0.2, -0.15) is 0 Å². The molecule has 0 aliphatic carbocycles. The minimum Gasteiger partial charge on any atom is -0.354 e. The Labute approximate surface area is 119 Å². The molecule has 0 bridgehead atoms. The molecule has 0 saturated heterocycles. The first kappa shape index (κ1) is 18.4. The fourth-order valence-electron chi connectivity index (χ4n) is 2.62. The normalized spacial score (nSPS) is 15.1. The van der Waals surface area contributed by atoms with Crippen LogP contribution in [0, 0.1) is 17.8 Å². The number of nitrogens with one attached hydrogen (secondary N) is 1. The van der Waals surface area contributed by atoms with Crippen LogP contribution in [0.25, 0.3) is 0 Å². The lowest BCUT2D eigenvalue weighted by atomic mass is 9.92. The van der Waals surface area contributed by atoms with E-state index in [1.165, 1.54) is 0 Å². The molecule has 0 aliphatic rings. The van der Waals surface area contributed by atoms with Gasteiger partial charge in [0, 0.05) is 19.1 Å².